The molecule has 1 aromatic rings. The first-order valence-corrected chi connectivity index (χ1v) is 9.71. The van der Waals surface area contributed by atoms with Crippen LogP contribution in [0.5, 0.6) is 0 Å². The zero-order valence-corrected chi connectivity index (χ0v) is 16.7. The molecule has 4 rings (SSSR count). The van der Waals surface area contributed by atoms with Crippen LogP contribution in [0.15, 0.2) is 59.8 Å². The number of likely N-dealkylation sites (N-methyl/N-ethyl adjacent to an activating group) is 1. The molecular weight excluding hydrogens is 382 g/mol. The summed E-state index contributed by atoms with van der Waals surface area (Å²) in [6.07, 6.45) is 4.59. The van der Waals surface area contributed by atoms with Gasteiger partial charge in [-0.1, -0.05) is 12.1 Å². The van der Waals surface area contributed by atoms with E-state index in [4.69, 9.17) is 10.8 Å². The minimum absolute atomic E-state index is 0.220. The summed E-state index contributed by atoms with van der Waals surface area (Å²) < 4.78 is 0. The maximum Gasteiger partial charge on any atom is 0.274 e. The van der Waals surface area contributed by atoms with E-state index in [9.17, 15) is 4.79 Å². The second-order valence-electron chi connectivity index (χ2n) is 7.27. The maximum absolute atomic E-state index is 12.3. The van der Waals surface area contributed by atoms with Crippen LogP contribution in [-0.2, 0) is 4.79 Å². The van der Waals surface area contributed by atoms with Crippen LogP contribution < -0.4 is 26.8 Å². The summed E-state index contributed by atoms with van der Waals surface area (Å²) in [6, 6.07) is 7.84. The van der Waals surface area contributed by atoms with Gasteiger partial charge in [0.25, 0.3) is 5.91 Å². The van der Waals surface area contributed by atoms with Gasteiger partial charge >= 0.3 is 0 Å². The summed E-state index contributed by atoms with van der Waals surface area (Å²) in [5.41, 5.74) is 8.34. The third kappa shape index (κ3) is 4.28. The average molecular weight is 407 g/mol. The summed E-state index contributed by atoms with van der Waals surface area (Å²) >= 11 is 0. The molecule has 3 aliphatic rings. The van der Waals surface area contributed by atoms with E-state index in [1.54, 1.807) is 6.08 Å². The molecule has 0 aromatic heterocycles. The van der Waals surface area contributed by atoms with Gasteiger partial charge in [-0.3, -0.25) is 26.5 Å². The third-order valence-electron chi connectivity index (χ3n) is 5.08. The van der Waals surface area contributed by atoms with Crippen molar-refractivity contribution in [3.8, 4) is 0 Å². The van der Waals surface area contributed by atoms with Gasteiger partial charge in [0.2, 0.25) is 0 Å². The Bertz CT molecular complexity index is 943. The van der Waals surface area contributed by atoms with Crippen LogP contribution in [0, 0.1) is 10.8 Å². The van der Waals surface area contributed by atoms with Gasteiger partial charge < -0.3 is 25.8 Å². The van der Waals surface area contributed by atoms with Crippen LogP contribution in [0.25, 0.3) is 0 Å². The number of nitrogens with zero attached hydrogens (tertiary/aromatic N) is 2. The van der Waals surface area contributed by atoms with E-state index < -0.39 is 5.91 Å². The third-order valence-corrected chi connectivity index (χ3v) is 5.08. The molecule has 0 unspecified atom stereocenters. The molecule has 0 aliphatic carbocycles. The molecule has 3 aliphatic heterocycles. The number of carbonyl (C=O) groups is 1. The summed E-state index contributed by atoms with van der Waals surface area (Å²) in [6.45, 7) is 3.33. The van der Waals surface area contributed by atoms with Crippen molar-refractivity contribution in [3.63, 3.8) is 0 Å². The molecule has 30 heavy (non-hydrogen) atoms. The highest BCUT2D eigenvalue weighted by Gasteiger charge is 2.21. The van der Waals surface area contributed by atoms with Gasteiger partial charge in [0, 0.05) is 32.3 Å². The number of benzene rings is 1. The van der Waals surface area contributed by atoms with Crippen molar-refractivity contribution in [2.75, 3.05) is 43.9 Å². The first-order valence-electron chi connectivity index (χ1n) is 9.71. The number of rotatable bonds is 4. The largest absolute Gasteiger partial charge is 0.355 e. The molecular formula is C20H25N9O. The molecule has 1 saturated heterocycles. The highest BCUT2D eigenvalue weighted by Crippen LogP contribution is 2.31. The number of para-hydroxylation sites is 2. The lowest BCUT2D eigenvalue weighted by molar-refractivity contribution is -0.114. The Labute approximate surface area is 174 Å². The number of hydrogen-bond donors (Lipinski definition) is 7. The molecule has 0 saturated carbocycles. The normalized spacial score (nSPS) is 18.2. The Balaban J connectivity index is 1.32. The van der Waals surface area contributed by atoms with E-state index >= 15 is 0 Å². The summed E-state index contributed by atoms with van der Waals surface area (Å²) in [7, 11) is 2.05. The SMILES string of the molecule is CN1CCN(C(=N)/C=C\C(=N)C(=O)NC2=CC(=C3Nc4ccccc4N3)NN2)CC1. The van der Waals surface area contributed by atoms with Crippen LogP contribution in [0.4, 0.5) is 11.4 Å². The Morgan fingerprint density at radius 1 is 1.03 bits per heavy atom. The predicted molar refractivity (Wildman–Crippen MR) is 117 cm³/mol. The van der Waals surface area contributed by atoms with Crippen molar-refractivity contribution in [1.82, 2.24) is 26.0 Å². The number of anilines is 2. The van der Waals surface area contributed by atoms with Gasteiger partial charge in [-0.15, -0.1) is 0 Å². The second kappa shape index (κ2) is 8.29. The molecule has 0 radical (unpaired) electrons. The van der Waals surface area contributed by atoms with Crippen molar-refractivity contribution in [2.24, 2.45) is 0 Å². The monoisotopic (exact) mass is 407 g/mol. The number of hydrogen-bond acceptors (Lipinski definition) is 8. The van der Waals surface area contributed by atoms with Gasteiger partial charge in [-0.25, -0.2) is 0 Å². The summed E-state index contributed by atoms with van der Waals surface area (Å²) in [4.78, 5) is 16.4. The number of hydrazine groups is 1. The van der Waals surface area contributed by atoms with Crippen molar-refractivity contribution in [3.05, 3.63) is 59.8 Å². The van der Waals surface area contributed by atoms with Crippen LogP contribution in [0.3, 0.4) is 0 Å². The van der Waals surface area contributed by atoms with Crippen LogP contribution in [0.1, 0.15) is 0 Å². The van der Waals surface area contributed by atoms with Gasteiger partial charge in [-0.2, -0.15) is 0 Å². The zero-order chi connectivity index (χ0) is 21.1. The van der Waals surface area contributed by atoms with Crippen molar-refractivity contribution >= 4 is 28.8 Å². The first-order chi connectivity index (χ1) is 14.5. The number of carbonyl (C=O) groups excluding carboxylic acids is 1. The standard InChI is InChI=1S/C20H25N9O/c1-28-8-10-29(11-9-28)17(22)7-6-13(21)20(30)25-18-12-16(26-27-18)19-23-14-4-2-3-5-15(14)24-19/h2-7,12,21-24,26-27H,8-11H2,1H3,(H,25,30)/b7-6-,21-13?,22-17?. The maximum atomic E-state index is 12.3. The molecule has 156 valence electrons. The molecule has 0 atom stereocenters. The Kier molecular flexibility index (Phi) is 5.40. The number of piperazine rings is 1. The number of allylic oxidation sites excluding steroid dienone is 1. The van der Waals surface area contributed by atoms with Crippen LogP contribution in [0.2, 0.25) is 0 Å². The van der Waals surface area contributed by atoms with Crippen molar-refractivity contribution in [1.29, 1.82) is 10.8 Å². The molecule has 10 nitrogen and oxygen atoms in total. The van der Waals surface area contributed by atoms with Gasteiger partial charge in [0.15, 0.2) is 0 Å². The number of fused-ring (bicyclic) bond motifs is 1. The Morgan fingerprint density at radius 3 is 2.37 bits per heavy atom. The highest BCUT2D eigenvalue weighted by atomic mass is 16.2. The molecule has 1 amide bonds. The Hall–Kier alpha value is -3.79. The lowest BCUT2D eigenvalue weighted by atomic mass is 10.2. The molecule has 0 bridgehead atoms. The number of amidine groups is 1. The van der Waals surface area contributed by atoms with E-state index in [1.165, 1.54) is 12.2 Å². The molecule has 3 heterocycles. The summed E-state index contributed by atoms with van der Waals surface area (Å²) in [5, 5.41) is 25.3. The van der Waals surface area contributed by atoms with E-state index in [-0.39, 0.29) is 5.71 Å². The quantitative estimate of drug-likeness (QED) is 0.287. The van der Waals surface area contributed by atoms with E-state index in [0.29, 0.717) is 11.7 Å². The molecule has 7 N–H and O–H groups in total. The number of nitrogens with one attached hydrogen (secondary N) is 7. The van der Waals surface area contributed by atoms with Crippen LogP contribution in [-0.4, -0.2) is 60.5 Å². The van der Waals surface area contributed by atoms with Gasteiger partial charge in [0.1, 0.15) is 23.2 Å². The lowest BCUT2D eigenvalue weighted by Crippen LogP contribution is -2.46. The minimum Gasteiger partial charge on any atom is -0.355 e. The first kappa shape index (κ1) is 19.5. The summed E-state index contributed by atoms with van der Waals surface area (Å²) in [5.74, 6) is 0.961. The average Bonchev–Trinajstić information content (AvgIpc) is 3.38. The lowest BCUT2D eigenvalue weighted by Gasteiger charge is -2.33. The van der Waals surface area contributed by atoms with E-state index in [0.717, 1.165) is 49.1 Å². The minimum atomic E-state index is -0.556. The smallest absolute Gasteiger partial charge is 0.274 e. The van der Waals surface area contributed by atoms with Crippen LogP contribution >= 0.6 is 0 Å². The van der Waals surface area contributed by atoms with Gasteiger partial charge in [0.05, 0.1) is 17.1 Å². The van der Waals surface area contributed by atoms with E-state index in [1.807, 2.05) is 29.2 Å². The van der Waals surface area contributed by atoms with Gasteiger partial charge in [-0.05, 0) is 31.3 Å². The topological polar surface area (TPSA) is 131 Å². The fourth-order valence-electron chi connectivity index (χ4n) is 3.27. The van der Waals surface area contributed by atoms with Crippen molar-refractivity contribution < 1.29 is 4.79 Å². The fourth-order valence-corrected chi connectivity index (χ4v) is 3.27. The van der Waals surface area contributed by atoms with E-state index in [2.05, 4.69) is 38.7 Å². The Morgan fingerprint density at radius 2 is 1.70 bits per heavy atom. The number of amides is 1. The molecule has 1 fully saturated rings. The second-order valence-corrected chi connectivity index (χ2v) is 7.27. The van der Waals surface area contributed by atoms with Crippen molar-refractivity contribution in [2.45, 2.75) is 0 Å². The molecule has 1 aromatic carbocycles. The predicted octanol–water partition coefficient (Wildman–Crippen LogP) is 0.559. The highest BCUT2D eigenvalue weighted by molar-refractivity contribution is 6.42. The fraction of sp³-hybridized carbons (Fsp3) is 0.250. The molecule has 10 heteroatoms. The molecule has 0 spiro atoms. The zero-order valence-electron chi connectivity index (χ0n) is 16.7.